The summed E-state index contributed by atoms with van der Waals surface area (Å²) in [7, 11) is -3.55. The lowest BCUT2D eigenvalue weighted by atomic mass is 10.2. The van der Waals surface area contributed by atoms with Gasteiger partial charge in [0.2, 0.25) is 15.9 Å². The molecule has 3 aromatic rings. The molecule has 2 aromatic carbocycles. The molecule has 4 rings (SSSR count). The quantitative estimate of drug-likeness (QED) is 0.426. The van der Waals surface area contributed by atoms with Crippen molar-refractivity contribution in [3.8, 4) is 0 Å². The third-order valence-corrected chi connectivity index (χ3v) is 7.21. The molecule has 0 atom stereocenters. The van der Waals surface area contributed by atoms with Crippen molar-refractivity contribution in [2.24, 2.45) is 0 Å². The van der Waals surface area contributed by atoms with Crippen LogP contribution in [0.5, 0.6) is 0 Å². The number of fused-ring (bicyclic) bond motifs is 1. The van der Waals surface area contributed by atoms with Gasteiger partial charge in [-0.05, 0) is 29.8 Å². The molecule has 0 bridgehead atoms. The SMILES string of the molecule is O=C(Cn1ccc2cc([N+](=O)[O-])ccc21)NCc1ccc(S(=O)(=O)N2CCOCC2)cc1. The van der Waals surface area contributed by atoms with E-state index in [0.29, 0.717) is 31.7 Å². The van der Waals surface area contributed by atoms with Gasteiger partial charge in [0.1, 0.15) is 6.54 Å². The molecule has 10 nitrogen and oxygen atoms in total. The number of ether oxygens (including phenoxy) is 1. The van der Waals surface area contributed by atoms with E-state index in [1.165, 1.54) is 16.4 Å². The minimum atomic E-state index is -3.55. The Balaban J connectivity index is 1.36. The lowest BCUT2D eigenvalue weighted by Gasteiger charge is -2.26. The van der Waals surface area contributed by atoms with Crippen LogP contribution in [-0.2, 0) is 32.6 Å². The van der Waals surface area contributed by atoms with Gasteiger partial charge in [0.05, 0.1) is 23.0 Å². The number of carbonyl (C=O) groups is 1. The second-order valence-corrected chi connectivity index (χ2v) is 9.32. The van der Waals surface area contributed by atoms with Crippen molar-refractivity contribution < 1.29 is 22.9 Å². The first-order chi connectivity index (χ1) is 15.3. The predicted octanol–water partition coefficient (Wildman–Crippen LogP) is 1.89. The highest BCUT2D eigenvalue weighted by Gasteiger charge is 2.26. The number of nitrogens with one attached hydrogen (secondary N) is 1. The zero-order valence-electron chi connectivity index (χ0n) is 17.1. The van der Waals surface area contributed by atoms with Crippen molar-refractivity contribution in [1.29, 1.82) is 0 Å². The second-order valence-electron chi connectivity index (χ2n) is 7.38. The fourth-order valence-corrected chi connectivity index (χ4v) is 4.97. The van der Waals surface area contributed by atoms with E-state index in [1.807, 2.05) is 0 Å². The van der Waals surface area contributed by atoms with Crippen LogP contribution < -0.4 is 5.32 Å². The number of carbonyl (C=O) groups excluding carboxylic acids is 1. The Labute approximate surface area is 184 Å². The zero-order valence-corrected chi connectivity index (χ0v) is 18.0. The Hall–Kier alpha value is -3.28. The summed E-state index contributed by atoms with van der Waals surface area (Å²) in [6, 6.07) is 12.7. The highest BCUT2D eigenvalue weighted by molar-refractivity contribution is 7.89. The fraction of sp³-hybridized carbons (Fsp3) is 0.286. The summed E-state index contributed by atoms with van der Waals surface area (Å²) in [5, 5.41) is 14.4. The molecular formula is C21H22N4O6S. The molecule has 0 unspecified atom stereocenters. The van der Waals surface area contributed by atoms with Crippen molar-refractivity contribution in [2.75, 3.05) is 26.3 Å². The second kappa shape index (κ2) is 9.07. The van der Waals surface area contributed by atoms with Crippen LogP contribution in [0.3, 0.4) is 0 Å². The van der Waals surface area contributed by atoms with Gasteiger partial charge in [0.15, 0.2) is 0 Å². The maximum Gasteiger partial charge on any atom is 0.270 e. The van der Waals surface area contributed by atoms with E-state index in [2.05, 4.69) is 5.32 Å². The standard InChI is InChI=1S/C21H22N4O6S/c26-21(15-23-8-7-17-13-18(25(27)28)3-6-20(17)23)22-14-16-1-4-19(5-2-16)32(29,30)24-9-11-31-12-10-24/h1-8,13H,9-12,14-15H2,(H,22,26). The van der Waals surface area contributed by atoms with Crippen molar-refractivity contribution in [2.45, 2.75) is 18.0 Å². The lowest BCUT2D eigenvalue weighted by molar-refractivity contribution is -0.384. The van der Waals surface area contributed by atoms with E-state index >= 15 is 0 Å². The molecule has 0 radical (unpaired) electrons. The highest BCUT2D eigenvalue weighted by atomic mass is 32.2. The number of non-ortho nitro benzene ring substituents is 1. The number of nitro groups is 1. The maximum atomic E-state index is 12.7. The molecule has 11 heteroatoms. The van der Waals surface area contributed by atoms with Gasteiger partial charge in [-0.3, -0.25) is 14.9 Å². The van der Waals surface area contributed by atoms with Crippen LogP contribution in [0.2, 0.25) is 0 Å². The van der Waals surface area contributed by atoms with Crippen LogP contribution in [0.1, 0.15) is 5.56 Å². The van der Waals surface area contributed by atoms with Gasteiger partial charge in [-0.2, -0.15) is 4.31 Å². The number of hydrogen-bond acceptors (Lipinski definition) is 6. The minimum Gasteiger partial charge on any atom is -0.379 e. The third-order valence-electron chi connectivity index (χ3n) is 5.30. The molecule has 168 valence electrons. The summed E-state index contributed by atoms with van der Waals surface area (Å²) in [5.41, 5.74) is 1.49. The van der Waals surface area contributed by atoms with E-state index in [9.17, 15) is 23.3 Å². The molecule has 32 heavy (non-hydrogen) atoms. The number of sulfonamides is 1. The predicted molar refractivity (Wildman–Crippen MR) is 116 cm³/mol. The third kappa shape index (κ3) is 4.64. The van der Waals surface area contributed by atoms with E-state index < -0.39 is 14.9 Å². The molecule has 1 aliphatic rings. The molecule has 0 aliphatic carbocycles. The smallest absolute Gasteiger partial charge is 0.270 e. The maximum absolute atomic E-state index is 12.7. The number of benzene rings is 2. The van der Waals surface area contributed by atoms with Gasteiger partial charge in [-0.1, -0.05) is 12.1 Å². The average molecular weight is 458 g/mol. The van der Waals surface area contributed by atoms with Crippen LogP contribution in [0, 0.1) is 10.1 Å². The number of aromatic nitrogens is 1. The molecule has 1 aliphatic heterocycles. The zero-order chi connectivity index (χ0) is 22.7. The molecule has 0 saturated carbocycles. The van der Waals surface area contributed by atoms with Gasteiger partial charge in [0, 0.05) is 48.9 Å². The first kappa shape index (κ1) is 21.9. The Morgan fingerprint density at radius 2 is 1.81 bits per heavy atom. The van der Waals surface area contributed by atoms with Crippen LogP contribution in [0.15, 0.2) is 59.6 Å². The van der Waals surface area contributed by atoms with Gasteiger partial charge in [0.25, 0.3) is 5.69 Å². The minimum absolute atomic E-state index is 0.00113. The highest BCUT2D eigenvalue weighted by Crippen LogP contribution is 2.22. The van der Waals surface area contributed by atoms with E-state index in [-0.39, 0.29) is 29.6 Å². The molecule has 1 saturated heterocycles. The summed E-state index contributed by atoms with van der Waals surface area (Å²) < 4.78 is 33.7. The largest absolute Gasteiger partial charge is 0.379 e. The molecule has 1 N–H and O–H groups in total. The summed E-state index contributed by atoms with van der Waals surface area (Å²) in [5.74, 6) is -0.231. The van der Waals surface area contributed by atoms with Crippen molar-refractivity contribution >= 4 is 32.5 Å². The van der Waals surface area contributed by atoms with Gasteiger partial charge >= 0.3 is 0 Å². The Kier molecular flexibility index (Phi) is 6.21. The van der Waals surface area contributed by atoms with E-state index in [1.54, 1.807) is 47.2 Å². The Bertz CT molecular complexity index is 1250. The van der Waals surface area contributed by atoms with E-state index in [0.717, 1.165) is 11.1 Å². The molecule has 0 spiro atoms. The number of amides is 1. The average Bonchev–Trinajstić information content (AvgIpc) is 3.20. The number of nitrogens with zero attached hydrogens (tertiary/aromatic N) is 3. The molecule has 1 aromatic heterocycles. The molecular weight excluding hydrogens is 436 g/mol. The summed E-state index contributed by atoms with van der Waals surface area (Å²) >= 11 is 0. The van der Waals surface area contributed by atoms with Crippen molar-refractivity contribution in [1.82, 2.24) is 14.2 Å². The summed E-state index contributed by atoms with van der Waals surface area (Å²) in [6.07, 6.45) is 1.71. The number of rotatable bonds is 7. The molecule has 1 fully saturated rings. The first-order valence-corrected chi connectivity index (χ1v) is 11.5. The lowest BCUT2D eigenvalue weighted by Crippen LogP contribution is -2.40. The summed E-state index contributed by atoms with van der Waals surface area (Å²) in [4.78, 5) is 23.0. The topological polar surface area (TPSA) is 124 Å². The fourth-order valence-electron chi connectivity index (χ4n) is 3.57. The van der Waals surface area contributed by atoms with Gasteiger partial charge < -0.3 is 14.6 Å². The van der Waals surface area contributed by atoms with Crippen LogP contribution in [-0.4, -0.2) is 54.4 Å². The van der Waals surface area contributed by atoms with Gasteiger partial charge in [-0.25, -0.2) is 8.42 Å². The van der Waals surface area contributed by atoms with Crippen molar-refractivity contribution in [3.63, 3.8) is 0 Å². The normalized spacial score (nSPS) is 15.0. The van der Waals surface area contributed by atoms with Crippen LogP contribution >= 0.6 is 0 Å². The van der Waals surface area contributed by atoms with E-state index in [4.69, 9.17) is 4.74 Å². The summed E-state index contributed by atoms with van der Waals surface area (Å²) in [6.45, 7) is 1.75. The Morgan fingerprint density at radius 1 is 1.09 bits per heavy atom. The van der Waals surface area contributed by atoms with Crippen molar-refractivity contribution in [3.05, 3.63) is 70.4 Å². The van der Waals surface area contributed by atoms with Gasteiger partial charge in [-0.15, -0.1) is 0 Å². The number of morpholine rings is 1. The number of nitro benzene ring substituents is 1. The monoisotopic (exact) mass is 458 g/mol. The first-order valence-electron chi connectivity index (χ1n) is 10.0. The number of hydrogen-bond donors (Lipinski definition) is 1. The van der Waals surface area contributed by atoms with Crippen LogP contribution in [0.4, 0.5) is 5.69 Å². The van der Waals surface area contributed by atoms with Crippen LogP contribution in [0.25, 0.3) is 10.9 Å². The Morgan fingerprint density at radius 3 is 2.50 bits per heavy atom. The molecule has 2 heterocycles. The molecule has 1 amide bonds.